The van der Waals surface area contributed by atoms with Crippen LogP contribution in [0.5, 0.6) is 0 Å². The average Bonchev–Trinajstić information content (AvgIpc) is 2.66. The van der Waals surface area contributed by atoms with Gasteiger partial charge in [0.2, 0.25) is 5.95 Å². The molecule has 0 spiro atoms. The summed E-state index contributed by atoms with van der Waals surface area (Å²) in [7, 11) is 0. The SMILES string of the molecule is CCCCCCNC(N)=NCCCN1CCN(c2ncccn2)CC1.I. The molecule has 0 unspecified atom stereocenters. The molecule has 0 saturated carbocycles. The van der Waals surface area contributed by atoms with E-state index in [4.69, 9.17) is 5.73 Å². The van der Waals surface area contributed by atoms with E-state index in [1.165, 1.54) is 25.7 Å². The van der Waals surface area contributed by atoms with Crippen LogP contribution in [-0.2, 0) is 0 Å². The summed E-state index contributed by atoms with van der Waals surface area (Å²) in [4.78, 5) is 17.8. The van der Waals surface area contributed by atoms with Crippen molar-refractivity contribution in [2.45, 2.75) is 39.0 Å². The molecule has 0 bridgehead atoms. The second-order valence-electron chi connectivity index (χ2n) is 6.49. The van der Waals surface area contributed by atoms with Crippen molar-refractivity contribution in [1.82, 2.24) is 20.2 Å². The molecule has 1 aromatic heterocycles. The van der Waals surface area contributed by atoms with Gasteiger partial charge in [0, 0.05) is 58.2 Å². The average molecular weight is 475 g/mol. The van der Waals surface area contributed by atoms with Gasteiger partial charge in [-0.25, -0.2) is 9.97 Å². The molecule has 0 atom stereocenters. The number of hydrogen-bond acceptors (Lipinski definition) is 5. The third-order valence-corrected chi connectivity index (χ3v) is 4.46. The number of rotatable bonds is 10. The van der Waals surface area contributed by atoms with Crippen LogP contribution in [0.4, 0.5) is 5.95 Å². The minimum Gasteiger partial charge on any atom is -0.370 e. The van der Waals surface area contributed by atoms with Gasteiger partial charge in [0.05, 0.1) is 0 Å². The lowest BCUT2D eigenvalue weighted by atomic mass is 10.2. The predicted octanol–water partition coefficient (Wildman–Crippen LogP) is 2.09. The molecule has 8 heteroatoms. The molecule has 148 valence electrons. The second-order valence-corrected chi connectivity index (χ2v) is 6.49. The Hall–Kier alpha value is -1.16. The highest BCUT2D eigenvalue weighted by Crippen LogP contribution is 2.09. The maximum atomic E-state index is 5.89. The lowest BCUT2D eigenvalue weighted by molar-refractivity contribution is 0.255. The molecule has 1 fully saturated rings. The number of nitrogens with two attached hydrogens (primary N) is 1. The number of piperazine rings is 1. The molecule has 7 nitrogen and oxygen atoms in total. The Morgan fingerprint density at radius 1 is 1.12 bits per heavy atom. The summed E-state index contributed by atoms with van der Waals surface area (Å²) in [6, 6.07) is 1.85. The lowest BCUT2D eigenvalue weighted by Crippen LogP contribution is -2.47. The molecular weight excluding hydrogens is 441 g/mol. The summed E-state index contributed by atoms with van der Waals surface area (Å²) in [5, 5.41) is 3.20. The van der Waals surface area contributed by atoms with E-state index >= 15 is 0 Å². The van der Waals surface area contributed by atoms with Gasteiger partial charge in [-0.2, -0.15) is 0 Å². The Balaban J connectivity index is 0.00000338. The van der Waals surface area contributed by atoms with Gasteiger partial charge in [0.15, 0.2) is 5.96 Å². The number of halogens is 1. The molecule has 0 aromatic carbocycles. The highest BCUT2D eigenvalue weighted by atomic mass is 127. The summed E-state index contributed by atoms with van der Waals surface area (Å²) < 4.78 is 0. The van der Waals surface area contributed by atoms with Crippen LogP contribution in [0.2, 0.25) is 0 Å². The minimum absolute atomic E-state index is 0. The molecule has 1 aliphatic heterocycles. The number of guanidine groups is 1. The third kappa shape index (κ3) is 8.98. The first kappa shape index (κ1) is 22.9. The van der Waals surface area contributed by atoms with Gasteiger partial charge in [-0.3, -0.25) is 9.89 Å². The Labute approximate surface area is 174 Å². The minimum atomic E-state index is 0. The highest BCUT2D eigenvalue weighted by Gasteiger charge is 2.17. The number of aliphatic imine (C=N–C) groups is 1. The second kappa shape index (κ2) is 14.0. The maximum absolute atomic E-state index is 5.89. The fourth-order valence-electron chi connectivity index (χ4n) is 2.94. The van der Waals surface area contributed by atoms with Crippen molar-refractivity contribution >= 4 is 35.9 Å². The first-order valence-electron chi connectivity index (χ1n) is 9.57. The smallest absolute Gasteiger partial charge is 0.225 e. The van der Waals surface area contributed by atoms with Gasteiger partial charge in [0.25, 0.3) is 0 Å². The van der Waals surface area contributed by atoms with Crippen molar-refractivity contribution in [3.8, 4) is 0 Å². The predicted molar refractivity (Wildman–Crippen MR) is 119 cm³/mol. The molecule has 0 amide bonds. The number of unbranched alkanes of at least 4 members (excludes halogenated alkanes) is 3. The van der Waals surface area contributed by atoms with E-state index in [2.05, 4.69) is 37.0 Å². The largest absolute Gasteiger partial charge is 0.370 e. The van der Waals surface area contributed by atoms with Crippen molar-refractivity contribution in [2.75, 3.05) is 50.7 Å². The number of anilines is 1. The van der Waals surface area contributed by atoms with E-state index in [1.807, 2.05) is 6.07 Å². The van der Waals surface area contributed by atoms with Crippen LogP contribution in [0.25, 0.3) is 0 Å². The first-order chi connectivity index (χ1) is 12.3. The highest BCUT2D eigenvalue weighted by molar-refractivity contribution is 14.0. The zero-order valence-electron chi connectivity index (χ0n) is 15.9. The fourth-order valence-corrected chi connectivity index (χ4v) is 2.94. The van der Waals surface area contributed by atoms with Gasteiger partial charge < -0.3 is 16.0 Å². The number of aromatic nitrogens is 2. The molecule has 26 heavy (non-hydrogen) atoms. The van der Waals surface area contributed by atoms with E-state index < -0.39 is 0 Å². The quantitative estimate of drug-likeness (QED) is 0.234. The van der Waals surface area contributed by atoms with Crippen molar-refractivity contribution in [3.05, 3.63) is 18.5 Å². The monoisotopic (exact) mass is 475 g/mol. The van der Waals surface area contributed by atoms with Crippen LogP contribution >= 0.6 is 24.0 Å². The van der Waals surface area contributed by atoms with Crippen LogP contribution < -0.4 is 16.0 Å². The topological polar surface area (TPSA) is 82.7 Å². The Bertz CT molecular complexity index is 490. The van der Waals surface area contributed by atoms with Crippen LogP contribution in [0.3, 0.4) is 0 Å². The standard InChI is InChI=1S/C18H33N7.HI/c1-2-3-4-5-8-20-17(19)21-11-7-12-24-13-15-25(16-14-24)18-22-9-6-10-23-18;/h6,9-10H,2-5,7-8,11-16H2,1H3,(H3,19,20,21);1H. The molecule has 3 N–H and O–H groups in total. The molecule has 1 saturated heterocycles. The van der Waals surface area contributed by atoms with E-state index in [0.717, 1.165) is 58.2 Å². The summed E-state index contributed by atoms with van der Waals surface area (Å²) in [6.07, 6.45) is 9.62. The molecule has 0 radical (unpaired) electrons. The van der Waals surface area contributed by atoms with E-state index in [-0.39, 0.29) is 24.0 Å². The summed E-state index contributed by atoms with van der Waals surface area (Å²) in [5.74, 6) is 1.42. The number of nitrogens with one attached hydrogen (secondary N) is 1. The van der Waals surface area contributed by atoms with Crippen molar-refractivity contribution in [1.29, 1.82) is 0 Å². The zero-order valence-corrected chi connectivity index (χ0v) is 18.3. The Kier molecular flexibility index (Phi) is 12.3. The molecular formula is C18H34IN7. The fraction of sp³-hybridized carbons (Fsp3) is 0.722. The number of nitrogens with zero attached hydrogens (tertiary/aromatic N) is 5. The van der Waals surface area contributed by atoms with Crippen LogP contribution in [0.1, 0.15) is 39.0 Å². The van der Waals surface area contributed by atoms with Crippen LogP contribution in [0, 0.1) is 0 Å². The summed E-state index contributed by atoms with van der Waals surface area (Å²) in [5.41, 5.74) is 5.89. The van der Waals surface area contributed by atoms with Gasteiger partial charge in [-0.15, -0.1) is 24.0 Å². The van der Waals surface area contributed by atoms with E-state index in [1.54, 1.807) is 12.4 Å². The van der Waals surface area contributed by atoms with Gasteiger partial charge in [-0.1, -0.05) is 26.2 Å². The number of hydrogen-bond donors (Lipinski definition) is 2. The molecule has 2 heterocycles. The van der Waals surface area contributed by atoms with Crippen molar-refractivity contribution < 1.29 is 0 Å². The Morgan fingerprint density at radius 2 is 1.85 bits per heavy atom. The normalized spacial score (nSPS) is 15.6. The van der Waals surface area contributed by atoms with Crippen LogP contribution in [0.15, 0.2) is 23.5 Å². The molecule has 1 aromatic rings. The third-order valence-electron chi connectivity index (χ3n) is 4.46. The first-order valence-corrected chi connectivity index (χ1v) is 9.57. The molecule has 0 aliphatic carbocycles. The summed E-state index contributed by atoms with van der Waals surface area (Å²) in [6.45, 7) is 9.06. The van der Waals surface area contributed by atoms with Crippen LogP contribution in [-0.4, -0.2) is 66.6 Å². The van der Waals surface area contributed by atoms with Crippen molar-refractivity contribution in [2.24, 2.45) is 10.7 Å². The van der Waals surface area contributed by atoms with Gasteiger partial charge in [0.1, 0.15) is 0 Å². The van der Waals surface area contributed by atoms with E-state index in [9.17, 15) is 0 Å². The van der Waals surface area contributed by atoms with E-state index in [0.29, 0.717) is 5.96 Å². The lowest BCUT2D eigenvalue weighted by Gasteiger charge is -2.34. The Morgan fingerprint density at radius 3 is 2.54 bits per heavy atom. The van der Waals surface area contributed by atoms with Gasteiger partial charge >= 0.3 is 0 Å². The van der Waals surface area contributed by atoms with Gasteiger partial charge in [-0.05, 0) is 18.9 Å². The van der Waals surface area contributed by atoms with Crippen molar-refractivity contribution in [3.63, 3.8) is 0 Å². The maximum Gasteiger partial charge on any atom is 0.225 e. The molecule has 1 aliphatic rings. The summed E-state index contributed by atoms with van der Waals surface area (Å²) >= 11 is 0. The zero-order chi connectivity index (χ0) is 17.7. The molecule has 2 rings (SSSR count).